The van der Waals surface area contributed by atoms with Crippen LogP contribution in [0.25, 0.3) is 0 Å². The Hall–Kier alpha value is -2.08. The van der Waals surface area contributed by atoms with E-state index in [1.165, 1.54) is 5.56 Å². The molecule has 2 aliphatic rings. The molecule has 2 amide bonds. The minimum Gasteiger partial charge on any atom is -0.497 e. The highest BCUT2D eigenvalue weighted by Gasteiger charge is 2.44. The molecule has 1 N–H and O–H groups in total. The van der Waals surface area contributed by atoms with E-state index in [2.05, 4.69) is 10.2 Å². The monoisotopic (exact) mass is 345 g/mol. The van der Waals surface area contributed by atoms with E-state index in [9.17, 15) is 9.59 Å². The predicted octanol–water partition coefficient (Wildman–Crippen LogP) is 1.25. The average Bonchev–Trinajstić information content (AvgIpc) is 2.64. The number of hydrogen-bond acceptors (Lipinski definition) is 4. The number of carbonyl (C=O) groups is 2. The molecule has 2 fully saturated rings. The van der Waals surface area contributed by atoms with Crippen LogP contribution in [0.1, 0.15) is 25.8 Å². The number of ether oxygens (including phenoxy) is 1. The number of nitrogens with zero attached hydrogens (tertiary/aromatic N) is 2. The van der Waals surface area contributed by atoms with Crippen LogP contribution in [-0.4, -0.2) is 60.4 Å². The molecule has 1 aromatic carbocycles. The van der Waals surface area contributed by atoms with Gasteiger partial charge in [-0.3, -0.25) is 14.5 Å². The van der Waals surface area contributed by atoms with Gasteiger partial charge in [0.2, 0.25) is 11.8 Å². The second kappa shape index (κ2) is 7.44. The summed E-state index contributed by atoms with van der Waals surface area (Å²) >= 11 is 0. The van der Waals surface area contributed by atoms with Gasteiger partial charge in [0.25, 0.3) is 0 Å². The van der Waals surface area contributed by atoms with Crippen molar-refractivity contribution in [2.24, 2.45) is 5.92 Å². The zero-order valence-electron chi connectivity index (χ0n) is 15.2. The number of fused-ring (bicyclic) bond motifs is 1. The Balaban J connectivity index is 1.65. The number of nitrogens with one attached hydrogen (secondary N) is 1. The third-order valence-corrected chi connectivity index (χ3v) is 5.39. The summed E-state index contributed by atoms with van der Waals surface area (Å²) in [6.07, 6.45) is 0.874. The van der Waals surface area contributed by atoms with E-state index in [-0.39, 0.29) is 29.8 Å². The average molecular weight is 345 g/mol. The van der Waals surface area contributed by atoms with Crippen molar-refractivity contribution >= 4 is 11.8 Å². The van der Waals surface area contributed by atoms with Crippen LogP contribution >= 0.6 is 0 Å². The van der Waals surface area contributed by atoms with Gasteiger partial charge in [-0.1, -0.05) is 32.4 Å². The maximum absolute atomic E-state index is 12.7. The van der Waals surface area contributed by atoms with Crippen LogP contribution in [0.15, 0.2) is 24.3 Å². The van der Waals surface area contributed by atoms with Crippen LogP contribution in [0.4, 0.5) is 0 Å². The maximum Gasteiger partial charge on any atom is 0.246 e. The molecular formula is C19H27N3O3. The molecule has 0 unspecified atom stereocenters. The summed E-state index contributed by atoms with van der Waals surface area (Å²) in [5.74, 6) is 1.05. The van der Waals surface area contributed by atoms with Crippen molar-refractivity contribution in [2.75, 3.05) is 26.7 Å². The second-order valence-corrected chi connectivity index (χ2v) is 7.00. The van der Waals surface area contributed by atoms with Crippen molar-refractivity contribution in [3.8, 4) is 5.75 Å². The first-order chi connectivity index (χ1) is 12.0. The van der Waals surface area contributed by atoms with Gasteiger partial charge in [0, 0.05) is 26.2 Å². The quantitative estimate of drug-likeness (QED) is 0.873. The van der Waals surface area contributed by atoms with Crippen molar-refractivity contribution < 1.29 is 14.3 Å². The van der Waals surface area contributed by atoms with Crippen molar-refractivity contribution in [3.05, 3.63) is 29.8 Å². The molecule has 0 spiro atoms. The maximum atomic E-state index is 12.7. The largest absolute Gasteiger partial charge is 0.497 e. The summed E-state index contributed by atoms with van der Waals surface area (Å²) < 4.78 is 5.18. The zero-order chi connectivity index (χ0) is 18.0. The Kier molecular flexibility index (Phi) is 5.27. The molecule has 0 saturated carbocycles. The Labute approximate surface area is 149 Å². The highest BCUT2D eigenvalue weighted by Crippen LogP contribution is 2.22. The van der Waals surface area contributed by atoms with Gasteiger partial charge < -0.3 is 15.0 Å². The van der Waals surface area contributed by atoms with E-state index < -0.39 is 0 Å². The lowest BCUT2D eigenvalue weighted by Crippen LogP contribution is -2.70. The van der Waals surface area contributed by atoms with Crippen molar-refractivity contribution in [3.63, 3.8) is 0 Å². The first-order valence-corrected chi connectivity index (χ1v) is 8.99. The standard InChI is InChI=1S/C19H27N3O3/c1-4-13(2)17-19(24)22-10-9-21(12-16(22)18(23)20-17)11-14-5-7-15(25-3)8-6-14/h5-8,13,16-17H,4,9-12H2,1-3H3,(H,20,23)/t13-,16+,17-/m0/s1. The third kappa shape index (κ3) is 3.63. The topological polar surface area (TPSA) is 61.9 Å². The van der Waals surface area contributed by atoms with E-state index in [0.717, 1.165) is 25.3 Å². The van der Waals surface area contributed by atoms with Gasteiger partial charge in [0.15, 0.2) is 0 Å². The zero-order valence-corrected chi connectivity index (χ0v) is 15.2. The third-order valence-electron chi connectivity index (χ3n) is 5.39. The number of benzene rings is 1. The van der Waals surface area contributed by atoms with Crippen molar-refractivity contribution in [2.45, 2.75) is 38.9 Å². The van der Waals surface area contributed by atoms with Gasteiger partial charge >= 0.3 is 0 Å². The highest BCUT2D eigenvalue weighted by atomic mass is 16.5. The first kappa shape index (κ1) is 17.7. The Morgan fingerprint density at radius 3 is 2.60 bits per heavy atom. The number of piperazine rings is 2. The molecule has 3 atom stereocenters. The molecule has 6 nitrogen and oxygen atoms in total. The van der Waals surface area contributed by atoms with E-state index in [4.69, 9.17) is 4.74 Å². The fourth-order valence-electron chi connectivity index (χ4n) is 3.57. The molecule has 6 heteroatoms. The number of rotatable bonds is 5. The molecule has 0 bridgehead atoms. The van der Waals surface area contributed by atoms with Crippen LogP contribution in [0.5, 0.6) is 5.75 Å². The van der Waals surface area contributed by atoms with Gasteiger partial charge in [-0.05, 0) is 23.6 Å². The first-order valence-electron chi connectivity index (χ1n) is 8.99. The minimum atomic E-state index is -0.375. The van der Waals surface area contributed by atoms with Crippen LogP contribution in [0.3, 0.4) is 0 Å². The molecule has 0 aliphatic carbocycles. The number of hydrogen-bond donors (Lipinski definition) is 1. The number of amides is 2. The molecular weight excluding hydrogens is 318 g/mol. The number of methoxy groups -OCH3 is 1. The van der Waals surface area contributed by atoms with Crippen LogP contribution in [0.2, 0.25) is 0 Å². The predicted molar refractivity (Wildman–Crippen MR) is 95.2 cm³/mol. The molecule has 2 aliphatic heterocycles. The summed E-state index contributed by atoms with van der Waals surface area (Å²) in [5.41, 5.74) is 1.18. The lowest BCUT2D eigenvalue weighted by molar-refractivity contribution is -0.154. The van der Waals surface area contributed by atoms with Gasteiger partial charge in [-0.2, -0.15) is 0 Å². The summed E-state index contributed by atoms with van der Waals surface area (Å²) in [7, 11) is 1.65. The molecule has 2 heterocycles. The molecule has 136 valence electrons. The van der Waals surface area contributed by atoms with E-state index in [0.29, 0.717) is 13.1 Å². The van der Waals surface area contributed by atoms with Crippen LogP contribution in [0, 0.1) is 5.92 Å². The Morgan fingerprint density at radius 2 is 1.96 bits per heavy atom. The molecule has 2 saturated heterocycles. The minimum absolute atomic E-state index is 0.0238. The summed E-state index contributed by atoms with van der Waals surface area (Å²) in [6, 6.07) is 7.21. The van der Waals surface area contributed by atoms with Gasteiger partial charge in [-0.15, -0.1) is 0 Å². The molecule has 1 aromatic rings. The molecule has 3 rings (SSSR count). The van der Waals surface area contributed by atoms with Gasteiger partial charge in [0.05, 0.1) is 7.11 Å². The number of carbonyl (C=O) groups excluding carboxylic acids is 2. The fourth-order valence-corrected chi connectivity index (χ4v) is 3.57. The van der Waals surface area contributed by atoms with Crippen molar-refractivity contribution in [1.29, 1.82) is 0 Å². The summed E-state index contributed by atoms with van der Waals surface area (Å²) in [5, 5.41) is 2.94. The van der Waals surface area contributed by atoms with E-state index in [1.54, 1.807) is 12.0 Å². The lowest BCUT2D eigenvalue weighted by Gasteiger charge is -2.46. The molecule has 25 heavy (non-hydrogen) atoms. The van der Waals surface area contributed by atoms with Gasteiger partial charge in [0.1, 0.15) is 17.8 Å². The Morgan fingerprint density at radius 1 is 1.24 bits per heavy atom. The summed E-state index contributed by atoms with van der Waals surface area (Å²) in [4.78, 5) is 29.3. The fraction of sp³-hybridized carbons (Fsp3) is 0.579. The normalized spacial score (nSPS) is 25.3. The van der Waals surface area contributed by atoms with Gasteiger partial charge in [-0.25, -0.2) is 0 Å². The summed E-state index contributed by atoms with van der Waals surface area (Å²) in [6.45, 7) is 6.81. The molecule has 0 aromatic heterocycles. The second-order valence-electron chi connectivity index (χ2n) is 7.00. The van der Waals surface area contributed by atoms with Crippen LogP contribution < -0.4 is 10.1 Å². The smallest absolute Gasteiger partial charge is 0.246 e. The van der Waals surface area contributed by atoms with E-state index >= 15 is 0 Å². The van der Waals surface area contributed by atoms with E-state index in [1.807, 2.05) is 38.1 Å². The highest BCUT2D eigenvalue weighted by molar-refractivity contribution is 5.97. The SMILES string of the molecule is CC[C@H](C)[C@@H]1NC(=O)[C@H]2CN(Cc3ccc(OC)cc3)CCN2C1=O. The van der Waals surface area contributed by atoms with Crippen molar-refractivity contribution in [1.82, 2.24) is 15.1 Å². The molecule has 0 radical (unpaired) electrons. The van der Waals surface area contributed by atoms with Crippen LogP contribution in [-0.2, 0) is 16.1 Å². The Bertz CT molecular complexity index is 631. The lowest BCUT2D eigenvalue weighted by atomic mass is 9.93.